The Hall–Kier alpha value is -1.58. The van der Waals surface area contributed by atoms with Gasteiger partial charge < -0.3 is 9.80 Å². The zero-order valence-electron chi connectivity index (χ0n) is 13.0. The maximum Gasteiger partial charge on any atom is 0.249 e. The molecule has 23 heavy (non-hydrogen) atoms. The third kappa shape index (κ3) is 3.85. The molecule has 0 aromatic heterocycles. The second-order valence-electron chi connectivity index (χ2n) is 5.57. The zero-order chi connectivity index (χ0) is 17.2. The van der Waals surface area contributed by atoms with E-state index in [-0.39, 0.29) is 38.6 Å². The van der Waals surface area contributed by atoms with Crippen LogP contribution in [-0.2, 0) is 14.8 Å². The van der Waals surface area contributed by atoms with E-state index in [4.69, 9.17) is 0 Å². The van der Waals surface area contributed by atoms with Crippen LogP contribution in [0.3, 0.4) is 0 Å². The summed E-state index contributed by atoms with van der Waals surface area (Å²) in [7, 11) is -0.734. The number of benzene rings is 1. The quantitative estimate of drug-likeness (QED) is 0.789. The lowest BCUT2D eigenvalue weighted by Gasteiger charge is -2.34. The third-order valence-corrected chi connectivity index (χ3v) is 5.51. The number of likely N-dealkylation sites (N-methyl/N-ethyl adjacent to an activating group) is 1. The first-order valence-corrected chi connectivity index (χ1v) is 8.54. The number of rotatable bonds is 4. The predicted molar refractivity (Wildman–Crippen MR) is 80.3 cm³/mol. The Morgan fingerprint density at radius 1 is 1.13 bits per heavy atom. The van der Waals surface area contributed by atoms with Crippen molar-refractivity contribution >= 4 is 15.9 Å². The van der Waals surface area contributed by atoms with E-state index in [1.165, 1.54) is 0 Å². The van der Waals surface area contributed by atoms with Crippen molar-refractivity contribution in [3.05, 3.63) is 29.8 Å². The van der Waals surface area contributed by atoms with E-state index in [0.29, 0.717) is 0 Å². The number of nitrogens with zero attached hydrogens (tertiary/aromatic N) is 3. The van der Waals surface area contributed by atoms with Gasteiger partial charge in [-0.3, -0.25) is 4.79 Å². The summed E-state index contributed by atoms with van der Waals surface area (Å²) in [6.07, 6.45) is 0. The summed E-state index contributed by atoms with van der Waals surface area (Å²) in [4.78, 5) is 14.3. The first-order valence-electron chi connectivity index (χ1n) is 7.10. The standard InChI is InChI=1S/C14H19F2N3O3S/c1-17(2)10-13(20)18-6-8-19(9-7-18)23(21,22)14-11(15)4-3-5-12(14)16/h3-5H,6-10H2,1-2H3. The molecule has 1 fully saturated rings. The Morgan fingerprint density at radius 3 is 2.13 bits per heavy atom. The van der Waals surface area contributed by atoms with Crippen LogP contribution in [0.15, 0.2) is 23.1 Å². The van der Waals surface area contributed by atoms with Gasteiger partial charge in [-0.1, -0.05) is 6.07 Å². The average molecular weight is 347 g/mol. The topological polar surface area (TPSA) is 60.9 Å². The van der Waals surface area contributed by atoms with Gasteiger partial charge in [-0.2, -0.15) is 4.31 Å². The largest absolute Gasteiger partial charge is 0.339 e. The van der Waals surface area contributed by atoms with E-state index in [9.17, 15) is 22.0 Å². The third-order valence-electron chi connectivity index (χ3n) is 3.56. The van der Waals surface area contributed by atoms with E-state index in [1.54, 1.807) is 23.9 Å². The summed E-state index contributed by atoms with van der Waals surface area (Å²) in [6.45, 7) is 0.642. The Morgan fingerprint density at radius 2 is 1.65 bits per heavy atom. The molecule has 0 unspecified atom stereocenters. The van der Waals surface area contributed by atoms with Gasteiger partial charge in [-0.25, -0.2) is 17.2 Å². The van der Waals surface area contributed by atoms with E-state index in [1.807, 2.05) is 0 Å². The predicted octanol–water partition coefficient (Wildman–Crippen LogP) is 0.359. The molecule has 0 atom stereocenters. The highest BCUT2D eigenvalue weighted by atomic mass is 32.2. The Balaban J connectivity index is 2.12. The van der Waals surface area contributed by atoms with Gasteiger partial charge in [-0.05, 0) is 26.2 Å². The molecular weight excluding hydrogens is 328 g/mol. The molecule has 1 aromatic carbocycles. The highest BCUT2D eigenvalue weighted by molar-refractivity contribution is 7.89. The van der Waals surface area contributed by atoms with Crippen LogP contribution in [-0.4, -0.2) is 75.2 Å². The lowest BCUT2D eigenvalue weighted by molar-refractivity contribution is -0.133. The van der Waals surface area contributed by atoms with Gasteiger partial charge in [0.2, 0.25) is 15.9 Å². The van der Waals surface area contributed by atoms with Crippen LogP contribution in [0.4, 0.5) is 8.78 Å². The van der Waals surface area contributed by atoms with Crippen molar-refractivity contribution in [3.63, 3.8) is 0 Å². The fraction of sp³-hybridized carbons (Fsp3) is 0.500. The fourth-order valence-corrected chi connectivity index (χ4v) is 3.94. The first kappa shape index (κ1) is 17.8. The monoisotopic (exact) mass is 347 g/mol. The normalized spacial score (nSPS) is 16.8. The van der Waals surface area contributed by atoms with Gasteiger partial charge in [0.1, 0.15) is 11.6 Å². The number of hydrogen-bond donors (Lipinski definition) is 0. The Bertz CT molecular complexity index is 666. The lowest BCUT2D eigenvalue weighted by Crippen LogP contribution is -2.52. The average Bonchev–Trinajstić information content (AvgIpc) is 2.46. The van der Waals surface area contributed by atoms with Gasteiger partial charge in [0.25, 0.3) is 0 Å². The molecule has 1 heterocycles. The smallest absolute Gasteiger partial charge is 0.249 e. The van der Waals surface area contributed by atoms with Crippen molar-refractivity contribution in [3.8, 4) is 0 Å². The summed E-state index contributed by atoms with van der Waals surface area (Å²) >= 11 is 0. The van der Waals surface area contributed by atoms with Crippen LogP contribution in [0.25, 0.3) is 0 Å². The van der Waals surface area contributed by atoms with Crippen molar-refractivity contribution in [2.75, 3.05) is 46.8 Å². The zero-order valence-corrected chi connectivity index (χ0v) is 13.8. The number of piperazine rings is 1. The number of halogens is 2. The second-order valence-corrected chi connectivity index (χ2v) is 7.45. The lowest BCUT2D eigenvalue weighted by atomic mass is 10.3. The summed E-state index contributed by atoms with van der Waals surface area (Å²) in [5.41, 5.74) is 0. The molecule has 6 nitrogen and oxygen atoms in total. The van der Waals surface area contributed by atoms with Crippen LogP contribution in [0.1, 0.15) is 0 Å². The Kier molecular flexibility index (Phi) is 5.33. The molecule has 0 spiro atoms. The second kappa shape index (κ2) is 6.90. The van der Waals surface area contributed by atoms with E-state index in [2.05, 4.69) is 0 Å². The molecule has 1 aliphatic rings. The van der Waals surface area contributed by atoms with Crippen LogP contribution in [0, 0.1) is 11.6 Å². The molecule has 1 amide bonds. The van der Waals surface area contributed by atoms with E-state index < -0.39 is 26.6 Å². The number of amides is 1. The van der Waals surface area contributed by atoms with Crippen LogP contribution in [0.2, 0.25) is 0 Å². The number of carbonyl (C=O) groups is 1. The van der Waals surface area contributed by atoms with Crippen molar-refractivity contribution in [2.24, 2.45) is 0 Å². The minimum atomic E-state index is -4.26. The van der Waals surface area contributed by atoms with Crippen LogP contribution >= 0.6 is 0 Å². The molecule has 0 radical (unpaired) electrons. The highest BCUT2D eigenvalue weighted by Gasteiger charge is 2.33. The Labute approximate surface area is 134 Å². The number of carbonyl (C=O) groups excluding carboxylic acids is 1. The molecule has 1 aromatic rings. The molecular formula is C14H19F2N3O3S. The SMILES string of the molecule is CN(C)CC(=O)N1CCN(S(=O)(=O)c2c(F)cccc2F)CC1. The van der Waals surface area contributed by atoms with Gasteiger partial charge in [0, 0.05) is 26.2 Å². The van der Waals surface area contributed by atoms with Crippen molar-refractivity contribution in [2.45, 2.75) is 4.90 Å². The van der Waals surface area contributed by atoms with Crippen LogP contribution in [0.5, 0.6) is 0 Å². The molecule has 128 valence electrons. The highest BCUT2D eigenvalue weighted by Crippen LogP contribution is 2.23. The maximum atomic E-state index is 13.7. The van der Waals surface area contributed by atoms with Gasteiger partial charge >= 0.3 is 0 Å². The molecule has 0 N–H and O–H groups in total. The van der Waals surface area contributed by atoms with Gasteiger partial charge in [-0.15, -0.1) is 0 Å². The molecule has 1 aliphatic heterocycles. The molecule has 0 bridgehead atoms. The summed E-state index contributed by atoms with van der Waals surface area (Å²) in [5, 5.41) is 0. The van der Waals surface area contributed by atoms with Crippen molar-refractivity contribution in [1.29, 1.82) is 0 Å². The minimum absolute atomic E-state index is 0.00920. The molecule has 0 saturated carbocycles. The van der Waals surface area contributed by atoms with E-state index >= 15 is 0 Å². The summed E-state index contributed by atoms with van der Waals surface area (Å²) in [5.74, 6) is -2.34. The minimum Gasteiger partial charge on any atom is -0.339 e. The maximum absolute atomic E-state index is 13.7. The number of hydrogen-bond acceptors (Lipinski definition) is 4. The van der Waals surface area contributed by atoms with Crippen LogP contribution < -0.4 is 0 Å². The molecule has 1 saturated heterocycles. The first-order chi connectivity index (χ1) is 10.7. The summed E-state index contributed by atoms with van der Waals surface area (Å²) < 4.78 is 53.3. The van der Waals surface area contributed by atoms with E-state index in [0.717, 1.165) is 22.5 Å². The fourth-order valence-electron chi connectivity index (χ4n) is 2.41. The van der Waals surface area contributed by atoms with Gasteiger partial charge in [0.05, 0.1) is 6.54 Å². The number of sulfonamides is 1. The van der Waals surface area contributed by atoms with Crippen molar-refractivity contribution < 1.29 is 22.0 Å². The summed E-state index contributed by atoms with van der Waals surface area (Å²) in [6, 6.07) is 2.93. The van der Waals surface area contributed by atoms with Gasteiger partial charge in [0.15, 0.2) is 4.90 Å². The van der Waals surface area contributed by atoms with Crippen molar-refractivity contribution in [1.82, 2.24) is 14.1 Å². The molecule has 0 aliphatic carbocycles. The molecule has 2 rings (SSSR count). The molecule has 9 heteroatoms.